The topological polar surface area (TPSA) is 107 Å². The first kappa shape index (κ1) is 20.9. The second kappa shape index (κ2) is 8.42. The molecule has 0 unspecified atom stereocenters. The highest BCUT2D eigenvalue weighted by molar-refractivity contribution is 9.10. The maximum atomic E-state index is 12.7. The van der Waals surface area contributed by atoms with Gasteiger partial charge in [-0.1, -0.05) is 51.5 Å². The highest BCUT2D eigenvalue weighted by Crippen LogP contribution is 2.23. The standard InChI is InChI=1S/C19H17BrN4O4S2/c1-2-8-24-15-7-6-14(10-16(15)29-19(24)25)30(26,27)21-11-17-22-18(23-28-17)12-4-3-5-13(20)9-12/h3-7,9-10,21H,2,8,11H2,1H3. The van der Waals surface area contributed by atoms with E-state index in [4.69, 9.17) is 4.52 Å². The summed E-state index contributed by atoms with van der Waals surface area (Å²) < 4.78 is 36.2. The van der Waals surface area contributed by atoms with E-state index in [0.29, 0.717) is 17.1 Å². The van der Waals surface area contributed by atoms with Crippen LogP contribution in [-0.2, 0) is 23.1 Å². The average Bonchev–Trinajstić information content (AvgIpc) is 3.31. The third-order valence-corrected chi connectivity index (χ3v) is 7.20. The molecule has 8 nitrogen and oxygen atoms in total. The molecule has 0 aliphatic rings. The van der Waals surface area contributed by atoms with Crippen molar-refractivity contribution in [2.75, 3.05) is 0 Å². The van der Waals surface area contributed by atoms with Crippen molar-refractivity contribution in [1.29, 1.82) is 0 Å². The van der Waals surface area contributed by atoms with E-state index in [1.807, 2.05) is 31.2 Å². The van der Waals surface area contributed by atoms with Crippen LogP contribution in [0.5, 0.6) is 0 Å². The number of aromatic nitrogens is 3. The van der Waals surface area contributed by atoms with Crippen LogP contribution in [0.15, 0.2) is 61.2 Å². The zero-order valence-corrected chi connectivity index (χ0v) is 19.1. The Morgan fingerprint density at radius 2 is 2.07 bits per heavy atom. The summed E-state index contributed by atoms with van der Waals surface area (Å²) in [5.41, 5.74) is 1.49. The molecule has 0 fully saturated rings. The van der Waals surface area contributed by atoms with Crippen LogP contribution in [0, 0.1) is 0 Å². The van der Waals surface area contributed by atoms with Crippen LogP contribution in [-0.4, -0.2) is 23.1 Å². The van der Waals surface area contributed by atoms with E-state index in [0.717, 1.165) is 33.3 Å². The number of benzene rings is 2. The molecule has 0 amide bonds. The molecule has 0 radical (unpaired) electrons. The van der Waals surface area contributed by atoms with E-state index < -0.39 is 10.0 Å². The maximum Gasteiger partial charge on any atom is 0.308 e. The Morgan fingerprint density at radius 1 is 1.23 bits per heavy atom. The Hall–Kier alpha value is -2.34. The summed E-state index contributed by atoms with van der Waals surface area (Å²) in [6.07, 6.45) is 0.819. The molecule has 2 aromatic carbocycles. The average molecular weight is 509 g/mol. The number of halogens is 1. The molecule has 0 aliphatic carbocycles. The Kier molecular flexibility index (Phi) is 5.87. The molecule has 0 bridgehead atoms. The van der Waals surface area contributed by atoms with Crippen molar-refractivity contribution in [3.63, 3.8) is 0 Å². The van der Waals surface area contributed by atoms with Gasteiger partial charge in [0.25, 0.3) is 0 Å². The van der Waals surface area contributed by atoms with Crippen molar-refractivity contribution in [2.45, 2.75) is 31.3 Å². The minimum atomic E-state index is -3.82. The normalized spacial score (nSPS) is 11.9. The van der Waals surface area contributed by atoms with Crippen LogP contribution in [0.2, 0.25) is 0 Å². The van der Waals surface area contributed by atoms with Crippen molar-refractivity contribution in [1.82, 2.24) is 19.4 Å². The molecular weight excluding hydrogens is 492 g/mol. The molecule has 1 N–H and O–H groups in total. The quantitative estimate of drug-likeness (QED) is 0.407. The number of nitrogens with one attached hydrogen (secondary N) is 1. The molecule has 4 rings (SSSR count). The van der Waals surface area contributed by atoms with Gasteiger partial charge in [-0.15, -0.1) is 0 Å². The number of hydrogen-bond donors (Lipinski definition) is 1. The van der Waals surface area contributed by atoms with Crippen molar-refractivity contribution < 1.29 is 12.9 Å². The van der Waals surface area contributed by atoms with Crippen LogP contribution in [0.3, 0.4) is 0 Å². The van der Waals surface area contributed by atoms with Gasteiger partial charge in [0.05, 0.1) is 21.7 Å². The SMILES string of the molecule is CCCn1c(=O)sc2cc(S(=O)(=O)NCc3nc(-c4cccc(Br)c4)no3)ccc21. The Balaban J connectivity index is 1.53. The number of aryl methyl sites for hydroxylation is 1. The first-order valence-electron chi connectivity index (χ1n) is 9.09. The van der Waals surface area contributed by atoms with E-state index in [-0.39, 0.29) is 22.2 Å². The first-order chi connectivity index (χ1) is 14.4. The number of sulfonamides is 1. The Morgan fingerprint density at radius 3 is 2.83 bits per heavy atom. The molecule has 0 atom stereocenters. The number of nitrogens with zero attached hydrogens (tertiary/aromatic N) is 3. The molecule has 0 saturated carbocycles. The third-order valence-electron chi connectivity index (χ3n) is 4.36. The van der Waals surface area contributed by atoms with Crippen LogP contribution < -0.4 is 9.60 Å². The predicted octanol–water partition coefficient (Wildman–Crippen LogP) is 3.76. The number of hydrogen-bond acceptors (Lipinski definition) is 7. The summed E-state index contributed by atoms with van der Waals surface area (Å²) in [5, 5.41) is 3.89. The lowest BCUT2D eigenvalue weighted by Crippen LogP contribution is -2.23. The molecule has 11 heteroatoms. The van der Waals surface area contributed by atoms with Crippen LogP contribution in [0.25, 0.3) is 21.6 Å². The van der Waals surface area contributed by atoms with E-state index in [1.165, 1.54) is 12.1 Å². The van der Waals surface area contributed by atoms with E-state index in [9.17, 15) is 13.2 Å². The highest BCUT2D eigenvalue weighted by Gasteiger charge is 2.18. The van der Waals surface area contributed by atoms with Gasteiger partial charge in [-0.2, -0.15) is 4.98 Å². The fourth-order valence-electron chi connectivity index (χ4n) is 2.96. The highest BCUT2D eigenvalue weighted by atomic mass is 79.9. The fraction of sp³-hybridized carbons (Fsp3) is 0.211. The predicted molar refractivity (Wildman–Crippen MR) is 118 cm³/mol. The van der Waals surface area contributed by atoms with Crippen molar-refractivity contribution in [2.24, 2.45) is 0 Å². The molecule has 4 aromatic rings. The van der Waals surface area contributed by atoms with E-state index in [2.05, 4.69) is 30.8 Å². The van der Waals surface area contributed by atoms with Crippen molar-refractivity contribution >= 4 is 47.5 Å². The Bertz CT molecular complexity index is 1370. The van der Waals surface area contributed by atoms with Crippen LogP contribution >= 0.6 is 27.3 Å². The molecule has 156 valence electrons. The van der Waals surface area contributed by atoms with Gasteiger partial charge in [0.1, 0.15) is 0 Å². The smallest absolute Gasteiger partial charge is 0.308 e. The van der Waals surface area contributed by atoms with Gasteiger partial charge in [0, 0.05) is 16.6 Å². The molecule has 2 heterocycles. The maximum absolute atomic E-state index is 12.7. The number of fused-ring (bicyclic) bond motifs is 1. The molecule has 0 saturated heterocycles. The van der Waals surface area contributed by atoms with Crippen LogP contribution in [0.4, 0.5) is 0 Å². The molecule has 2 aromatic heterocycles. The Labute approximate surface area is 184 Å². The molecule has 0 aliphatic heterocycles. The van der Waals surface area contributed by atoms with Crippen LogP contribution in [0.1, 0.15) is 19.2 Å². The minimum absolute atomic E-state index is 0.0756. The lowest BCUT2D eigenvalue weighted by Gasteiger charge is -2.05. The lowest BCUT2D eigenvalue weighted by molar-refractivity contribution is 0.376. The fourth-order valence-corrected chi connectivity index (χ4v) is 5.39. The van der Waals surface area contributed by atoms with Gasteiger partial charge < -0.3 is 4.52 Å². The van der Waals surface area contributed by atoms with E-state index >= 15 is 0 Å². The van der Waals surface area contributed by atoms with Gasteiger partial charge in [0.2, 0.25) is 21.7 Å². The minimum Gasteiger partial charge on any atom is -0.338 e. The first-order valence-corrected chi connectivity index (χ1v) is 12.2. The number of thiazole rings is 1. The second-order valence-electron chi connectivity index (χ2n) is 6.50. The van der Waals surface area contributed by atoms with Gasteiger partial charge >= 0.3 is 4.87 Å². The summed E-state index contributed by atoms with van der Waals surface area (Å²) in [6, 6.07) is 12.0. The summed E-state index contributed by atoms with van der Waals surface area (Å²) >= 11 is 4.42. The summed E-state index contributed by atoms with van der Waals surface area (Å²) in [7, 11) is -3.82. The van der Waals surface area contributed by atoms with Gasteiger partial charge in [-0.25, -0.2) is 13.1 Å². The molecule has 0 spiro atoms. The van der Waals surface area contributed by atoms with Crippen molar-refractivity contribution in [3.8, 4) is 11.4 Å². The van der Waals surface area contributed by atoms with Crippen molar-refractivity contribution in [3.05, 3.63) is 62.5 Å². The lowest BCUT2D eigenvalue weighted by atomic mass is 10.2. The van der Waals surface area contributed by atoms with Gasteiger partial charge in [-0.3, -0.25) is 9.36 Å². The monoisotopic (exact) mass is 508 g/mol. The summed E-state index contributed by atoms with van der Waals surface area (Å²) in [6.45, 7) is 2.44. The summed E-state index contributed by atoms with van der Waals surface area (Å²) in [4.78, 5) is 16.3. The number of rotatable bonds is 7. The third kappa shape index (κ3) is 4.24. The summed E-state index contributed by atoms with van der Waals surface area (Å²) in [5.74, 6) is 0.516. The van der Waals surface area contributed by atoms with Gasteiger partial charge in [-0.05, 0) is 36.8 Å². The zero-order valence-electron chi connectivity index (χ0n) is 15.8. The molecule has 30 heavy (non-hydrogen) atoms. The second-order valence-corrected chi connectivity index (χ2v) is 10.2. The zero-order chi connectivity index (χ0) is 21.3. The van der Waals surface area contributed by atoms with Gasteiger partial charge in [0.15, 0.2) is 0 Å². The van der Waals surface area contributed by atoms with E-state index in [1.54, 1.807) is 10.6 Å². The molecular formula is C19H17BrN4O4S2. The largest absolute Gasteiger partial charge is 0.338 e.